The molecule has 0 heterocycles. The number of amides is 1. The Labute approximate surface area is 131 Å². The Kier molecular flexibility index (Phi) is 7.92. The van der Waals surface area contributed by atoms with Crippen molar-refractivity contribution in [2.24, 2.45) is 0 Å². The molecular weight excluding hydrogens is 282 g/mol. The molecule has 1 N–H and O–H groups in total. The summed E-state index contributed by atoms with van der Waals surface area (Å²) in [5, 5.41) is 2.70. The number of hydrogen-bond donors (Lipinski definition) is 1. The normalized spacial score (nSPS) is 13.0. The lowest BCUT2D eigenvalue weighted by atomic mass is 10.1. The van der Waals surface area contributed by atoms with Crippen LogP contribution >= 0.6 is 0 Å². The summed E-state index contributed by atoms with van der Waals surface area (Å²) in [4.78, 5) is 24.2. The number of unbranched alkanes of at least 4 members (excludes halogenated alkanes) is 1. The summed E-state index contributed by atoms with van der Waals surface area (Å²) in [5.74, 6) is -0.817. The Hall–Kier alpha value is -2.14. The molecule has 5 nitrogen and oxygen atoms in total. The number of methoxy groups -OCH3 is 2. The van der Waals surface area contributed by atoms with Crippen molar-refractivity contribution >= 4 is 11.9 Å². The number of hydrogen-bond acceptors (Lipinski definition) is 4. The van der Waals surface area contributed by atoms with Crippen LogP contribution in [0.1, 0.15) is 30.9 Å². The third-order valence-electron chi connectivity index (χ3n) is 3.28. The van der Waals surface area contributed by atoms with E-state index in [-0.39, 0.29) is 5.91 Å². The molecule has 1 aromatic carbocycles. The zero-order valence-electron chi connectivity index (χ0n) is 13.1. The highest BCUT2D eigenvalue weighted by Gasteiger charge is 2.26. The summed E-state index contributed by atoms with van der Waals surface area (Å²) in [6.45, 7) is 3.64. The van der Waals surface area contributed by atoms with Crippen molar-refractivity contribution < 1.29 is 19.1 Å². The van der Waals surface area contributed by atoms with Crippen LogP contribution in [0, 0.1) is 0 Å². The fourth-order valence-electron chi connectivity index (χ4n) is 2.13. The third-order valence-corrected chi connectivity index (χ3v) is 3.28. The van der Waals surface area contributed by atoms with Crippen molar-refractivity contribution in [2.45, 2.75) is 31.4 Å². The van der Waals surface area contributed by atoms with Crippen molar-refractivity contribution in [3.8, 4) is 0 Å². The maximum absolute atomic E-state index is 12.4. The number of allylic oxidation sites excluding steroid dienone is 1. The van der Waals surface area contributed by atoms with E-state index in [1.54, 1.807) is 18.2 Å². The Morgan fingerprint density at radius 1 is 1.27 bits per heavy atom. The maximum Gasteiger partial charge on any atom is 0.328 e. The van der Waals surface area contributed by atoms with Gasteiger partial charge in [-0.15, -0.1) is 6.58 Å². The molecule has 0 bridgehead atoms. The summed E-state index contributed by atoms with van der Waals surface area (Å²) >= 11 is 0. The van der Waals surface area contributed by atoms with Gasteiger partial charge in [0, 0.05) is 7.11 Å². The average Bonchev–Trinajstić information content (AvgIpc) is 2.55. The molecule has 2 atom stereocenters. The summed E-state index contributed by atoms with van der Waals surface area (Å²) < 4.78 is 10.0. The molecule has 0 unspecified atom stereocenters. The van der Waals surface area contributed by atoms with E-state index in [9.17, 15) is 9.59 Å². The van der Waals surface area contributed by atoms with Crippen LogP contribution in [-0.2, 0) is 19.1 Å². The minimum absolute atomic E-state index is 0.359. The van der Waals surface area contributed by atoms with Crippen molar-refractivity contribution in [3.63, 3.8) is 0 Å². The molecule has 1 rings (SSSR count). The van der Waals surface area contributed by atoms with Gasteiger partial charge < -0.3 is 14.8 Å². The van der Waals surface area contributed by atoms with E-state index in [0.717, 1.165) is 18.4 Å². The summed E-state index contributed by atoms with van der Waals surface area (Å²) in [5.41, 5.74) is 0.734. The van der Waals surface area contributed by atoms with E-state index in [1.165, 1.54) is 14.2 Å². The lowest BCUT2D eigenvalue weighted by Gasteiger charge is -2.20. The molecule has 0 aliphatic heterocycles. The minimum Gasteiger partial charge on any atom is -0.467 e. The first-order valence-electron chi connectivity index (χ1n) is 7.20. The predicted octanol–water partition coefficient (Wildman–Crippen LogP) is 2.39. The molecule has 0 saturated carbocycles. The standard InChI is InChI=1S/C17H23NO4/c1-4-5-7-12-14(17(20)22-3)18-16(19)15(21-2)13-10-8-6-9-11-13/h4,6,8-11,14-15H,1,5,7,12H2,2-3H3,(H,18,19)/t14-,15-/m0/s1. The van der Waals surface area contributed by atoms with Gasteiger partial charge in [-0.05, 0) is 24.8 Å². The summed E-state index contributed by atoms with van der Waals surface area (Å²) in [6, 6.07) is 8.45. The fraction of sp³-hybridized carbons (Fsp3) is 0.412. The van der Waals surface area contributed by atoms with Gasteiger partial charge in [0.05, 0.1) is 7.11 Å². The first-order chi connectivity index (χ1) is 10.6. The van der Waals surface area contributed by atoms with E-state index in [4.69, 9.17) is 9.47 Å². The average molecular weight is 305 g/mol. The van der Waals surface area contributed by atoms with Gasteiger partial charge in [0.15, 0.2) is 6.10 Å². The van der Waals surface area contributed by atoms with Gasteiger partial charge in [-0.2, -0.15) is 0 Å². The molecule has 0 radical (unpaired) electrons. The highest BCUT2D eigenvalue weighted by atomic mass is 16.5. The molecular formula is C17H23NO4. The van der Waals surface area contributed by atoms with Gasteiger partial charge in [0.1, 0.15) is 6.04 Å². The molecule has 5 heteroatoms. The van der Waals surface area contributed by atoms with Crippen molar-refractivity contribution in [2.75, 3.05) is 14.2 Å². The highest BCUT2D eigenvalue weighted by Crippen LogP contribution is 2.17. The molecule has 0 saturated heterocycles. The quantitative estimate of drug-likeness (QED) is 0.432. The van der Waals surface area contributed by atoms with E-state index < -0.39 is 18.1 Å². The van der Waals surface area contributed by atoms with Crippen LogP contribution in [0.2, 0.25) is 0 Å². The Morgan fingerprint density at radius 2 is 1.95 bits per heavy atom. The number of esters is 1. The maximum atomic E-state index is 12.4. The van der Waals surface area contributed by atoms with Crippen LogP contribution < -0.4 is 5.32 Å². The second-order valence-electron chi connectivity index (χ2n) is 4.83. The molecule has 120 valence electrons. The Balaban J connectivity index is 2.75. The van der Waals surface area contributed by atoms with E-state index in [0.29, 0.717) is 6.42 Å². The molecule has 22 heavy (non-hydrogen) atoms. The fourth-order valence-corrected chi connectivity index (χ4v) is 2.13. The van der Waals surface area contributed by atoms with Gasteiger partial charge in [0.2, 0.25) is 0 Å². The number of carbonyl (C=O) groups excluding carboxylic acids is 2. The van der Waals surface area contributed by atoms with Crippen LogP contribution in [0.5, 0.6) is 0 Å². The molecule has 0 aliphatic rings. The Morgan fingerprint density at radius 3 is 2.50 bits per heavy atom. The summed E-state index contributed by atoms with van der Waals surface area (Å²) in [6.07, 6.45) is 3.03. The van der Waals surface area contributed by atoms with Gasteiger partial charge in [-0.3, -0.25) is 4.79 Å². The first-order valence-corrected chi connectivity index (χ1v) is 7.20. The number of ether oxygens (including phenoxy) is 2. The SMILES string of the molecule is C=CCCC[C@H](NC(=O)[C@@H](OC)c1ccccc1)C(=O)OC. The van der Waals surface area contributed by atoms with Crippen LogP contribution in [0.25, 0.3) is 0 Å². The van der Waals surface area contributed by atoms with E-state index >= 15 is 0 Å². The molecule has 0 spiro atoms. The molecule has 0 aliphatic carbocycles. The van der Waals surface area contributed by atoms with Crippen LogP contribution in [0.4, 0.5) is 0 Å². The number of carbonyl (C=O) groups is 2. The monoisotopic (exact) mass is 305 g/mol. The zero-order chi connectivity index (χ0) is 16.4. The summed E-state index contributed by atoms with van der Waals surface area (Å²) in [7, 11) is 2.77. The lowest BCUT2D eigenvalue weighted by Crippen LogP contribution is -2.44. The topological polar surface area (TPSA) is 64.6 Å². The van der Waals surface area contributed by atoms with E-state index in [1.807, 2.05) is 18.2 Å². The molecule has 0 fully saturated rings. The van der Waals surface area contributed by atoms with Crippen LogP contribution in [0.15, 0.2) is 43.0 Å². The van der Waals surface area contributed by atoms with E-state index in [2.05, 4.69) is 11.9 Å². The third kappa shape index (κ3) is 5.33. The van der Waals surface area contributed by atoms with Crippen molar-refractivity contribution in [3.05, 3.63) is 48.6 Å². The van der Waals surface area contributed by atoms with Gasteiger partial charge in [-0.25, -0.2) is 4.79 Å². The van der Waals surface area contributed by atoms with Crippen molar-refractivity contribution in [1.82, 2.24) is 5.32 Å². The van der Waals surface area contributed by atoms with Gasteiger partial charge in [-0.1, -0.05) is 36.4 Å². The molecule has 0 aromatic heterocycles. The van der Waals surface area contributed by atoms with Crippen LogP contribution in [-0.4, -0.2) is 32.1 Å². The highest BCUT2D eigenvalue weighted by molar-refractivity contribution is 5.87. The smallest absolute Gasteiger partial charge is 0.328 e. The second-order valence-corrected chi connectivity index (χ2v) is 4.83. The Bertz CT molecular complexity index is 487. The first kappa shape index (κ1) is 17.9. The number of benzene rings is 1. The number of nitrogens with one attached hydrogen (secondary N) is 1. The zero-order valence-corrected chi connectivity index (χ0v) is 13.1. The van der Waals surface area contributed by atoms with Crippen molar-refractivity contribution in [1.29, 1.82) is 0 Å². The second kappa shape index (κ2) is 9.73. The minimum atomic E-state index is -0.757. The number of rotatable bonds is 9. The molecule has 1 amide bonds. The van der Waals surface area contributed by atoms with Crippen LogP contribution in [0.3, 0.4) is 0 Å². The van der Waals surface area contributed by atoms with Gasteiger partial charge >= 0.3 is 5.97 Å². The largest absolute Gasteiger partial charge is 0.467 e. The predicted molar refractivity (Wildman–Crippen MR) is 84.2 cm³/mol. The lowest BCUT2D eigenvalue weighted by molar-refractivity contribution is -0.147. The van der Waals surface area contributed by atoms with Gasteiger partial charge in [0.25, 0.3) is 5.91 Å². The molecule has 1 aromatic rings.